The molecular weight excluding hydrogens is 398 g/mol. The van der Waals surface area contributed by atoms with Gasteiger partial charge in [-0.15, -0.1) is 0 Å². The second-order valence-corrected chi connectivity index (χ2v) is 7.69. The van der Waals surface area contributed by atoms with Crippen LogP contribution >= 0.6 is 11.6 Å². The molecule has 3 rings (SSSR count). The molecule has 0 atom stereocenters. The van der Waals surface area contributed by atoms with Crippen molar-refractivity contribution in [2.45, 2.75) is 46.1 Å². The van der Waals surface area contributed by atoms with Crippen molar-refractivity contribution in [2.75, 3.05) is 26.8 Å². The monoisotopic (exact) mass is 423 g/mol. The maximum Gasteiger partial charge on any atom is 0.513 e. The zero-order valence-corrected chi connectivity index (χ0v) is 18.1. The largest absolute Gasteiger partial charge is 0.513 e. The molecular formula is C21H26ClNO6. The highest BCUT2D eigenvalue weighted by Crippen LogP contribution is 2.47. The number of carbonyl (C=O) groups excluding carboxylic acids is 2. The molecule has 7 nitrogen and oxygen atoms in total. The number of hydrogen-bond acceptors (Lipinski definition) is 7. The predicted octanol–water partition coefficient (Wildman–Crippen LogP) is 4.10. The lowest BCUT2D eigenvalue weighted by Gasteiger charge is -2.37. The van der Waals surface area contributed by atoms with Gasteiger partial charge in [0.05, 0.1) is 13.7 Å². The fourth-order valence-corrected chi connectivity index (χ4v) is 4.24. The van der Waals surface area contributed by atoms with Gasteiger partial charge in [-0.2, -0.15) is 5.06 Å². The summed E-state index contributed by atoms with van der Waals surface area (Å²) in [5.41, 5.74) is 2.34. The maximum atomic E-state index is 13.0. The van der Waals surface area contributed by atoms with Gasteiger partial charge in [-0.1, -0.05) is 17.7 Å². The minimum absolute atomic E-state index is 0.162. The molecule has 1 aromatic rings. The molecule has 158 valence electrons. The van der Waals surface area contributed by atoms with Crippen molar-refractivity contribution in [1.29, 1.82) is 0 Å². The van der Waals surface area contributed by atoms with Crippen molar-refractivity contribution >= 4 is 29.3 Å². The number of piperidine rings is 1. The minimum Gasteiger partial charge on any atom is -0.447 e. The summed E-state index contributed by atoms with van der Waals surface area (Å²) in [5.74, 6) is -0.330. The van der Waals surface area contributed by atoms with Crippen LogP contribution in [0.1, 0.15) is 42.0 Å². The number of carbonyl (C=O) groups is 2. The van der Waals surface area contributed by atoms with Gasteiger partial charge in [0.1, 0.15) is 5.57 Å². The first kappa shape index (κ1) is 21.6. The lowest BCUT2D eigenvalue weighted by molar-refractivity contribution is -0.183. The van der Waals surface area contributed by atoms with Crippen LogP contribution in [0.4, 0.5) is 4.79 Å². The Morgan fingerprint density at radius 1 is 1.24 bits per heavy atom. The molecule has 1 aromatic carbocycles. The molecule has 0 aromatic heterocycles. The first-order valence-electron chi connectivity index (χ1n) is 9.62. The van der Waals surface area contributed by atoms with E-state index in [2.05, 4.69) is 0 Å². The third-order valence-electron chi connectivity index (χ3n) is 5.50. The van der Waals surface area contributed by atoms with Crippen molar-refractivity contribution in [3.63, 3.8) is 0 Å². The van der Waals surface area contributed by atoms with Crippen LogP contribution in [-0.2, 0) is 23.8 Å². The summed E-state index contributed by atoms with van der Waals surface area (Å²) >= 11 is 6.47. The van der Waals surface area contributed by atoms with Crippen molar-refractivity contribution in [3.8, 4) is 0 Å². The number of hydrogen-bond donors (Lipinski definition) is 0. The lowest BCUT2D eigenvalue weighted by atomic mass is 9.86. The standard InChI is InChI=1S/C21H26ClNO6/c1-6-27-20(25)28-18-16(15-12(2)11-13(3)17(22)14(15)4)19(24)29-21(18)7-9-23(26-5)10-8-21/h11H,6-10H2,1-5H3. The SMILES string of the molecule is CCOC(=O)OC1=C(c2c(C)cc(C)c(Cl)c2C)C(=O)OC12CCN(OC)CC2. The highest BCUT2D eigenvalue weighted by molar-refractivity contribution is 6.33. The number of halogens is 1. The fraction of sp³-hybridized carbons (Fsp3) is 0.524. The Hall–Kier alpha value is -2.09. The van der Waals surface area contributed by atoms with Crippen LogP contribution in [0.5, 0.6) is 0 Å². The molecule has 1 spiro atoms. The predicted molar refractivity (Wildman–Crippen MR) is 107 cm³/mol. The normalized spacial score (nSPS) is 18.9. The van der Waals surface area contributed by atoms with E-state index in [1.165, 1.54) is 0 Å². The molecule has 29 heavy (non-hydrogen) atoms. The lowest BCUT2D eigenvalue weighted by Crippen LogP contribution is -2.46. The number of aryl methyl sites for hydroxylation is 2. The van der Waals surface area contributed by atoms with Crippen molar-refractivity contribution in [2.24, 2.45) is 0 Å². The van der Waals surface area contributed by atoms with Crippen LogP contribution in [0, 0.1) is 20.8 Å². The second-order valence-electron chi connectivity index (χ2n) is 7.31. The Labute approximate surface area is 175 Å². The first-order chi connectivity index (χ1) is 13.7. The maximum absolute atomic E-state index is 13.0. The second kappa shape index (κ2) is 8.34. The molecule has 0 aliphatic carbocycles. The molecule has 1 fully saturated rings. The summed E-state index contributed by atoms with van der Waals surface area (Å²) in [6, 6.07) is 1.91. The average molecular weight is 424 g/mol. The van der Waals surface area contributed by atoms with Crippen LogP contribution < -0.4 is 0 Å². The van der Waals surface area contributed by atoms with E-state index in [0.717, 1.165) is 16.7 Å². The van der Waals surface area contributed by atoms with Crippen molar-refractivity contribution < 1.29 is 28.6 Å². The van der Waals surface area contributed by atoms with E-state index < -0.39 is 17.7 Å². The third kappa shape index (κ3) is 3.86. The van der Waals surface area contributed by atoms with Crippen LogP contribution in [0.25, 0.3) is 5.57 Å². The molecule has 0 radical (unpaired) electrons. The topological polar surface area (TPSA) is 74.3 Å². The molecule has 2 heterocycles. The summed E-state index contributed by atoms with van der Waals surface area (Å²) in [6.07, 6.45) is 0.00531. The van der Waals surface area contributed by atoms with Gasteiger partial charge in [0.25, 0.3) is 0 Å². The fourth-order valence-electron chi connectivity index (χ4n) is 4.09. The van der Waals surface area contributed by atoms with Crippen LogP contribution in [0.15, 0.2) is 11.8 Å². The van der Waals surface area contributed by atoms with Crippen molar-refractivity contribution in [1.82, 2.24) is 5.06 Å². The summed E-state index contributed by atoms with van der Waals surface area (Å²) in [7, 11) is 1.59. The van der Waals surface area contributed by atoms with Crippen LogP contribution in [0.3, 0.4) is 0 Å². The number of ether oxygens (including phenoxy) is 3. The van der Waals surface area contributed by atoms with Gasteiger partial charge in [-0.05, 0) is 49.9 Å². The Morgan fingerprint density at radius 3 is 2.48 bits per heavy atom. The molecule has 2 aliphatic rings. The average Bonchev–Trinajstić information content (AvgIpc) is 2.92. The number of esters is 1. The molecule has 0 amide bonds. The van der Waals surface area contributed by atoms with Crippen molar-refractivity contribution in [3.05, 3.63) is 39.1 Å². The first-order valence-corrected chi connectivity index (χ1v) is 10.00. The smallest absolute Gasteiger partial charge is 0.447 e. The van der Waals surface area contributed by atoms with E-state index in [9.17, 15) is 9.59 Å². The minimum atomic E-state index is -1.04. The molecule has 1 saturated heterocycles. The van der Waals surface area contributed by atoms with E-state index in [-0.39, 0.29) is 17.9 Å². The third-order valence-corrected chi connectivity index (χ3v) is 6.08. The van der Waals surface area contributed by atoms with Gasteiger partial charge >= 0.3 is 12.1 Å². The summed E-state index contributed by atoms with van der Waals surface area (Å²) in [6.45, 7) is 8.55. The molecule has 0 bridgehead atoms. The molecule has 0 saturated carbocycles. The van der Waals surface area contributed by atoms with Gasteiger partial charge < -0.3 is 19.0 Å². The van der Waals surface area contributed by atoms with E-state index in [1.54, 1.807) is 19.1 Å². The number of nitrogens with zero attached hydrogens (tertiary/aromatic N) is 1. The van der Waals surface area contributed by atoms with Gasteiger partial charge in [0.2, 0.25) is 0 Å². The van der Waals surface area contributed by atoms with E-state index >= 15 is 0 Å². The molecule has 8 heteroatoms. The Kier molecular flexibility index (Phi) is 6.22. The highest BCUT2D eigenvalue weighted by atomic mass is 35.5. The zero-order valence-electron chi connectivity index (χ0n) is 17.4. The van der Waals surface area contributed by atoms with Gasteiger partial charge in [-0.3, -0.25) is 0 Å². The van der Waals surface area contributed by atoms with Gasteiger partial charge in [0.15, 0.2) is 11.4 Å². The quantitative estimate of drug-likeness (QED) is 0.675. The Balaban J connectivity index is 2.16. The summed E-state index contributed by atoms with van der Waals surface area (Å²) in [4.78, 5) is 30.5. The van der Waals surface area contributed by atoms with E-state index in [4.69, 9.17) is 30.6 Å². The molecule has 2 aliphatic heterocycles. The van der Waals surface area contributed by atoms with Gasteiger partial charge in [0, 0.05) is 31.0 Å². The Morgan fingerprint density at radius 2 is 1.90 bits per heavy atom. The van der Waals surface area contributed by atoms with Crippen LogP contribution in [-0.4, -0.2) is 49.6 Å². The summed E-state index contributed by atoms with van der Waals surface area (Å²) in [5, 5.41) is 2.34. The number of rotatable bonds is 4. The number of benzene rings is 1. The van der Waals surface area contributed by atoms with E-state index in [0.29, 0.717) is 36.5 Å². The molecule has 0 unspecified atom stereocenters. The number of hydroxylamine groups is 2. The summed E-state index contributed by atoms with van der Waals surface area (Å²) < 4.78 is 16.4. The molecule has 0 N–H and O–H groups in total. The van der Waals surface area contributed by atoms with E-state index in [1.807, 2.05) is 26.8 Å². The highest BCUT2D eigenvalue weighted by Gasteiger charge is 2.53. The zero-order chi connectivity index (χ0) is 21.3. The Bertz CT molecular complexity index is 870. The van der Waals surface area contributed by atoms with Crippen LogP contribution in [0.2, 0.25) is 5.02 Å². The van der Waals surface area contributed by atoms with Gasteiger partial charge in [-0.25, -0.2) is 9.59 Å².